The maximum absolute atomic E-state index is 5.90. The first-order chi connectivity index (χ1) is 7.52. The van der Waals surface area contributed by atoms with Gasteiger partial charge in [-0.2, -0.15) is 0 Å². The molecule has 0 aromatic carbocycles. The third-order valence-electron chi connectivity index (χ3n) is 2.10. The summed E-state index contributed by atoms with van der Waals surface area (Å²) in [4.78, 5) is 8.55. The molecular formula is C13H23N3. The molecule has 0 heterocycles. The number of nitrogens with two attached hydrogens (primary N) is 1. The van der Waals surface area contributed by atoms with E-state index in [0.29, 0.717) is 5.84 Å². The van der Waals surface area contributed by atoms with Crippen molar-refractivity contribution in [3.63, 3.8) is 0 Å². The Morgan fingerprint density at radius 1 is 1.19 bits per heavy atom. The Hall–Kier alpha value is -1.38. The highest BCUT2D eigenvalue weighted by atomic mass is 14.9. The van der Waals surface area contributed by atoms with Crippen LogP contribution in [0.4, 0.5) is 0 Å². The second-order valence-electron chi connectivity index (χ2n) is 3.91. The van der Waals surface area contributed by atoms with Crippen LogP contribution in [0.25, 0.3) is 0 Å². The standard InChI is InChI=1S/C13H23N3/c1-6-8-15-12(10(3)4)13(14)16-9-11(5)7-2/h8-9H,6-7H2,1-5H3,(H2,14,16)/b11-9+,15-8?. The van der Waals surface area contributed by atoms with Crippen LogP contribution < -0.4 is 5.73 Å². The van der Waals surface area contributed by atoms with Crippen molar-refractivity contribution in [2.75, 3.05) is 0 Å². The largest absolute Gasteiger partial charge is 0.382 e. The molecule has 0 aliphatic rings. The van der Waals surface area contributed by atoms with Gasteiger partial charge in [-0.25, -0.2) is 4.99 Å². The molecule has 0 aromatic rings. The Morgan fingerprint density at radius 3 is 2.25 bits per heavy atom. The van der Waals surface area contributed by atoms with Crippen molar-refractivity contribution in [3.8, 4) is 0 Å². The molecule has 0 saturated heterocycles. The molecule has 3 nitrogen and oxygen atoms in total. The minimum atomic E-state index is 0.484. The van der Waals surface area contributed by atoms with Gasteiger partial charge in [-0.1, -0.05) is 19.4 Å². The fourth-order valence-electron chi connectivity index (χ4n) is 0.966. The first-order valence-electron chi connectivity index (χ1n) is 5.72. The van der Waals surface area contributed by atoms with E-state index in [2.05, 4.69) is 16.9 Å². The second kappa shape index (κ2) is 7.85. The van der Waals surface area contributed by atoms with E-state index < -0.39 is 0 Å². The van der Waals surface area contributed by atoms with Gasteiger partial charge in [0.25, 0.3) is 0 Å². The van der Waals surface area contributed by atoms with E-state index in [-0.39, 0.29) is 0 Å². The Bertz CT molecular complexity index is 329. The van der Waals surface area contributed by atoms with E-state index >= 15 is 0 Å². The lowest BCUT2D eigenvalue weighted by Gasteiger charge is -2.03. The molecule has 0 spiro atoms. The molecule has 0 amide bonds. The van der Waals surface area contributed by atoms with Gasteiger partial charge in [-0.15, -0.1) is 0 Å². The molecule has 16 heavy (non-hydrogen) atoms. The van der Waals surface area contributed by atoms with Crippen LogP contribution in [-0.2, 0) is 0 Å². The van der Waals surface area contributed by atoms with Gasteiger partial charge in [-0.3, -0.25) is 4.99 Å². The Labute approximate surface area is 98.9 Å². The minimum Gasteiger partial charge on any atom is -0.382 e. The summed E-state index contributed by atoms with van der Waals surface area (Å²) < 4.78 is 0. The van der Waals surface area contributed by atoms with Crippen LogP contribution in [0.5, 0.6) is 0 Å². The fraction of sp³-hybridized carbons (Fsp3) is 0.538. The first kappa shape index (κ1) is 14.6. The monoisotopic (exact) mass is 221 g/mol. The van der Waals surface area contributed by atoms with Gasteiger partial charge in [0.2, 0.25) is 0 Å². The molecule has 0 rings (SSSR count). The number of amidine groups is 1. The highest BCUT2D eigenvalue weighted by Gasteiger charge is 2.01. The van der Waals surface area contributed by atoms with Gasteiger partial charge in [0.15, 0.2) is 0 Å². The van der Waals surface area contributed by atoms with Crippen molar-refractivity contribution in [1.29, 1.82) is 0 Å². The molecule has 0 bridgehead atoms. The summed E-state index contributed by atoms with van der Waals surface area (Å²) in [6, 6.07) is 0. The van der Waals surface area contributed by atoms with E-state index in [1.165, 1.54) is 5.57 Å². The molecule has 0 saturated carbocycles. The predicted octanol–water partition coefficient (Wildman–Crippen LogP) is 3.43. The molecule has 0 aliphatic carbocycles. The molecule has 0 radical (unpaired) electrons. The number of hydrogen-bond acceptors (Lipinski definition) is 2. The van der Waals surface area contributed by atoms with Gasteiger partial charge in [0.05, 0.1) is 0 Å². The summed E-state index contributed by atoms with van der Waals surface area (Å²) in [5.41, 5.74) is 8.96. The third-order valence-corrected chi connectivity index (χ3v) is 2.10. The van der Waals surface area contributed by atoms with Crippen LogP contribution >= 0.6 is 0 Å². The highest BCUT2D eigenvalue weighted by Crippen LogP contribution is 2.06. The van der Waals surface area contributed by atoms with Gasteiger partial charge >= 0.3 is 0 Å². The third kappa shape index (κ3) is 5.49. The molecule has 0 fully saturated rings. The SMILES string of the molecule is CCC=NC(C(N)=N/C=C(\C)CC)=C(C)C. The number of hydrogen-bond donors (Lipinski definition) is 1. The predicted molar refractivity (Wildman–Crippen MR) is 72.8 cm³/mol. The lowest BCUT2D eigenvalue weighted by Crippen LogP contribution is -2.14. The molecule has 0 aromatic heterocycles. The van der Waals surface area contributed by atoms with Crippen molar-refractivity contribution in [3.05, 3.63) is 23.0 Å². The minimum absolute atomic E-state index is 0.484. The average molecular weight is 221 g/mol. The van der Waals surface area contributed by atoms with Crippen LogP contribution in [0.1, 0.15) is 47.5 Å². The first-order valence-corrected chi connectivity index (χ1v) is 5.72. The van der Waals surface area contributed by atoms with Crippen LogP contribution in [0.3, 0.4) is 0 Å². The van der Waals surface area contributed by atoms with E-state index in [9.17, 15) is 0 Å². The molecule has 0 atom stereocenters. The quantitative estimate of drug-likeness (QED) is 0.561. The summed E-state index contributed by atoms with van der Waals surface area (Å²) in [6.07, 6.45) is 5.54. The normalized spacial score (nSPS) is 13.3. The summed E-state index contributed by atoms with van der Waals surface area (Å²) in [6.45, 7) is 10.1. The van der Waals surface area contributed by atoms with Crippen LogP contribution in [0.2, 0.25) is 0 Å². The van der Waals surface area contributed by atoms with E-state index in [1.54, 1.807) is 6.20 Å². The second-order valence-corrected chi connectivity index (χ2v) is 3.91. The van der Waals surface area contributed by atoms with Crippen molar-refractivity contribution in [1.82, 2.24) is 0 Å². The maximum atomic E-state index is 5.90. The van der Waals surface area contributed by atoms with Gasteiger partial charge < -0.3 is 5.73 Å². The van der Waals surface area contributed by atoms with Crippen LogP contribution in [0, 0.1) is 0 Å². The van der Waals surface area contributed by atoms with Gasteiger partial charge in [0, 0.05) is 12.4 Å². The van der Waals surface area contributed by atoms with E-state index in [4.69, 9.17) is 5.73 Å². The average Bonchev–Trinajstić information content (AvgIpc) is 2.25. The van der Waals surface area contributed by atoms with Crippen molar-refractivity contribution in [2.45, 2.75) is 47.5 Å². The van der Waals surface area contributed by atoms with E-state index in [1.807, 2.05) is 33.9 Å². The van der Waals surface area contributed by atoms with Crippen LogP contribution in [0.15, 0.2) is 33.0 Å². The summed E-state index contributed by atoms with van der Waals surface area (Å²) in [7, 11) is 0. The van der Waals surface area contributed by atoms with Crippen molar-refractivity contribution in [2.24, 2.45) is 15.7 Å². The zero-order valence-corrected chi connectivity index (χ0v) is 11.0. The Morgan fingerprint density at radius 2 is 1.81 bits per heavy atom. The smallest absolute Gasteiger partial charge is 0.149 e. The molecule has 3 heteroatoms. The fourth-order valence-corrected chi connectivity index (χ4v) is 0.966. The molecule has 2 N–H and O–H groups in total. The number of aliphatic imine (C=N–C) groups is 2. The summed E-state index contributed by atoms with van der Waals surface area (Å²) >= 11 is 0. The maximum Gasteiger partial charge on any atom is 0.149 e. The molecular weight excluding hydrogens is 198 g/mol. The Balaban J connectivity index is 4.98. The van der Waals surface area contributed by atoms with Crippen molar-refractivity contribution < 1.29 is 0 Å². The van der Waals surface area contributed by atoms with E-state index in [0.717, 1.165) is 24.1 Å². The molecule has 0 aliphatic heterocycles. The zero-order valence-electron chi connectivity index (χ0n) is 11.0. The number of rotatable bonds is 5. The lowest BCUT2D eigenvalue weighted by molar-refractivity contribution is 1.08. The number of nitrogens with zero attached hydrogens (tertiary/aromatic N) is 2. The lowest BCUT2D eigenvalue weighted by atomic mass is 10.2. The highest BCUT2D eigenvalue weighted by molar-refractivity contribution is 5.98. The van der Waals surface area contributed by atoms with Crippen LogP contribution in [-0.4, -0.2) is 12.1 Å². The van der Waals surface area contributed by atoms with Gasteiger partial charge in [0.1, 0.15) is 11.5 Å². The van der Waals surface area contributed by atoms with Crippen molar-refractivity contribution >= 4 is 12.1 Å². The molecule has 90 valence electrons. The zero-order chi connectivity index (χ0) is 12.6. The van der Waals surface area contributed by atoms with Gasteiger partial charge in [-0.05, 0) is 39.2 Å². The summed E-state index contributed by atoms with van der Waals surface area (Å²) in [5.74, 6) is 0.484. The topological polar surface area (TPSA) is 50.7 Å². The Kier molecular flexibility index (Phi) is 7.18. The number of allylic oxidation sites excluding steroid dienone is 2. The summed E-state index contributed by atoms with van der Waals surface area (Å²) in [5, 5.41) is 0. The molecule has 0 unspecified atom stereocenters.